The van der Waals surface area contributed by atoms with Gasteiger partial charge in [-0.15, -0.1) is 11.3 Å². The van der Waals surface area contributed by atoms with Gasteiger partial charge in [-0.05, 0) is 17.9 Å². The first-order chi connectivity index (χ1) is 11.0. The summed E-state index contributed by atoms with van der Waals surface area (Å²) in [5.74, 6) is 0.455. The number of nitrogens with zero attached hydrogens (tertiary/aromatic N) is 2. The summed E-state index contributed by atoms with van der Waals surface area (Å²) in [6, 6.07) is 8.45. The van der Waals surface area contributed by atoms with Crippen molar-refractivity contribution in [2.45, 2.75) is 39.7 Å². The molecule has 0 spiro atoms. The van der Waals surface area contributed by atoms with Crippen LogP contribution in [-0.4, -0.2) is 21.7 Å². The molecule has 23 heavy (non-hydrogen) atoms. The molecule has 5 heteroatoms. The molecule has 0 unspecified atom stereocenters. The smallest absolute Gasteiger partial charge is 0.230 e. The number of imide groups is 1. The Morgan fingerprint density at radius 2 is 1.78 bits per heavy atom. The minimum Gasteiger partial charge on any atom is -0.276 e. The van der Waals surface area contributed by atoms with Gasteiger partial charge in [0.05, 0.1) is 12.2 Å². The van der Waals surface area contributed by atoms with E-state index in [9.17, 15) is 9.59 Å². The number of rotatable bonds is 5. The minimum absolute atomic E-state index is 0.0928. The molecule has 1 aromatic heterocycles. The van der Waals surface area contributed by atoms with E-state index in [2.05, 4.69) is 43.1 Å². The fraction of sp³-hybridized carbons (Fsp3) is 0.389. The van der Waals surface area contributed by atoms with Gasteiger partial charge in [-0.3, -0.25) is 14.5 Å². The third kappa shape index (κ3) is 3.67. The van der Waals surface area contributed by atoms with Crippen LogP contribution >= 0.6 is 11.3 Å². The maximum Gasteiger partial charge on any atom is 0.230 e. The number of likely N-dealkylation sites (tertiary alicyclic amines) is 1. The second-order valence-electron chi connectivity index (χ2n) is 6.30. The van der Waals surface area contributed by atoms with Gasteiger partial charge in [0.15, 0.2) is 0 Å². The molecule has 4 nitrogen and oxygen atoms in total. The summed E-state index contributed by atoms with van der Waals surface area (Å²) in [6.45, 7) is 4.72. The molecule has 0 N–H and O–H groups in total. The maximum absolute atomic E-state index is 11.7. The molecule has 1 aromatic carbocycles. The maximum atomic E-state index is 11.7. The molecular weight excluding hydrogens is 308 g/mol. The topological polar surface area (TPSA) is 50.3 Å². The van der Waals surface area contributed by atoms with Gasteiger partial charge >= 0.3 is 0 Å². The third-order valence-corrected chi connectivity index (χ3v) is 4.73. The first-order valence-electron chi connectivity index (χ1n) is 7.90. The predicted octanol–water partition coefficient (Wildman–Crippen LogP) is 3.66. The standard InChI is InChI=1S/C18H20N2O2S/c1-12(2)9-13-3-5-14(6-4-13)15-11-23-16(19-15)10-20-17(21)7-8-18(20)22/h3-6,11-12H,7-10H2,1-2H3. The fourth-order valence-electron chi connectivity index (χ4n) is 2.73. The van der Waals surface area contributed by atoms with E-state index in [0.29, 0.717) is 25.3 Å². The minimum atomic E-state index is -0.0928. The molecule has 0 atom stereocenters. The Morgan fingerprint density at radius 3 is 2.39 bits per heavy atom. The Balaban J connectivity index is 1.71. The molecule has 0 bridgehead atoms. The van der Waals surface area contributed by atoms with Crippen LogP contribution in [0.2, 0.25) is 0 Å². The summed E-state index contributed by atoms with van der Waals surface area (Å²) in [6.07, 6.45) is 1.73. The molecule has 1 aliphatic heterocycles. The summed E-state index contributed by atoms with van der Waals surface area (Å²) in [7, 11) is 0. The van der Waals surface area contributed by atoms with E-state index in [4.69, 9.17) is 0 Å². The first-order valence-corrected chi connectivity index (χ1v) is 8.78. The molecule has 1 aliphatic rings. The van der Waals surface area contributed by atoms with Crippen molar-refractivity contribution in [2.75, 3.05) is 0 Å². The van der Waals surface area contributed by atoms with E-state index < -0.39 is 0 Å². The predicted molar refractivity (Wildman–Crippen MR) is 90.9 cm³/mol. The zero-order valence-corrected chi connectivity index (χ0v) is 14.2. The summed E-state index contributed by atoms with van der Waals surface area (Å²) >= 11 is 1.49. The van der Waals surface area contributed by atoms with E-state index in [-0.39, 0.29) is 11.8 Å². The molecule has 120 valence electrons. The molecule has 0 radical (unpaired) electrons. The second kappa shape index (κ2) is 6.62. The number of aromatic nitrogens is 1. The van der Waals surface area contributed by atoms with Crippen molar-refractivity contribution >= 4 is 23.2 Å². The average Bonchev–Trinajstić information content (AvgIpc) is 3.10. The molecule has 0 saturated carbocycles. The second-order valence-corrected chi connectivity index (χ2v) is 7.24. The molecule has 0 aliphatic carbocycles. The Bertz CT molecular complexity index is 703. The zero-order valence-electron chi connectivity index (χ0n) is 13.4. The van der Waals surface area contributed by atoms with E-state index in [1.54, 1.807) is 0 Å². The number of amides is 2. The molecule has 2 amide bonds. The fourth-order valence-corrected chi connectivity index (χ4v) is 3.52. The van der Waals surface area contributed by atoms with Crippen molar-refractivity contribution in [3.8, 4) is 11.3 Å². The normalized spacial score (nSPS) is 15.0. The Hall–Kier alpha value is -2.01. The van der Waals surface area contributed by atoms with Gasteiger partial charge in [0.1, 0.15) is 5.01 Å². The van der Waals surface area contributed by atoms with E-state index in [0.717, 1.165) is 22.7 Å². The van der Waals surface area contributed by atoms with Crippen LogP contribution < -0.4 is 0 Å². The number of thiazole rings is 1. The highest BCUT2D eigenvalue weighted by Crippen LogP contribution is 2.25. The SMILES string of the molecule is CC(C)Cc1ccc(-c2csc(CN3C(=O)CCC3=O)n2)cc1. The molecule has 2 aromatic rings. The lowest BCUT2D eigenvalue weighted by Crippen LogP contribution is -2.28. The van der Waals surface area contributed by atoms with Crippen molar-refractivity contribution in [3.05, 3.63) is 40.2 Å². The Morgan fingerprint density at radius 1 is 1.13 bits per heavy atom. The average molecular weight is 328 g/mol. The van der Waals surface area contributed by atoms with Crippen molar-refractivity contribution in [3.63, 3.8) is 0 Å². The van der Waals surface area contributed by atoms with Crippen LogP contribution in [0.25, 0.3) is 11.3 Å². The molecule has 1 saturated heterocycles. The summed E-state index contributed by atoms with van der Waals surface area (Å²) in [5.41, 5.74) is 3.30. The van der Waals surface area contributed by atoms with Crippen LogP contribution in [0.5, 0.6) is 0 Å². The molecule has 3 rings (SSSR count). The first kappa shape index (κ1) is 15.9. The Labute approximate surface area is 140 Å². The third-order valence-electron chi connectivity index (χ3n) is 3.89. The largest absolute Gasteiger partial charge is 0.276 e. The van der Waals surface area contributed by atoms with Crippen LogP contribution in [0.3, 0.4) is 0 Å². The number of benzene rings is 1. The highest BCUT2D eigenvalue weighted by Gasteiger charge is 2.29. The van der Waals surface area contributed by atoms with Crippen LogP contribution in [0.4, 0.5) is 0 Å². The van der Waals surface area contributed by atoms with E-state index in [1.165, 1.54) is 21.8 Å². The quantitative estimate of drug-likeness (QED) is 0.787. The zero-order chi connectivity index (χ0) is 16.4. The lowest BCUT2D eigenvalue weighted by molar-refractivity contribution is -0.139. The van der Waals surface area contributed by atoms with Gasteiger partial charge in [0.25, 0.3) is 0 Å². The lowest BCUT2D eigenvalue weighted by atomic mass is 10.0. The highest BCUT2D eigenvalue weighted by atomic mass is 32.1. The van der Waals surface area contributed by atoms with Gasteiger partial charge in [0, 0.05) is 23.8 Å². The lowest BCUT2D eigenvalue weighted by Gasteiger charge is -2.10. The van der Waals surface area contributed by atoms with Crippen LogP contribution in [-0.2, 0) is 22.6 Å². The van der Waals surface area contributed by atoms with Crippen LogP contribution in [0, 0.1) is 5.92 Å². The van der Waals surface area contributed by atoms with Gasteiger partial charge < -0.3 is 0 Å². The molecule has 1 fully saturated rings. The van der Waals surface area contributed by atoms with Gasteiger partial charge in [-0.25, -0.2) is 4.98 Å². The summed E-state index contributed by atoms with van der Waals surface area (Å²) < 4.78 is 0. The van der Waals surface area contributed by atoms with Crippen molar-refractivity contribution in [1.29, 1.82) is 0 Å². The number of hydrogen-bond donors (Lipinski definition) is 0. The molecular formula is C18H20N2O2S. The van der Waals surface area contributed by atoms with E-state index >= 15 is 0 Å². The van der Waals surface area contributed by atoms with Gasteiger partial charge in [-0.1, -0.05) is 38.1 Å². The van der Waals surface area contributed by atoms with Crippen molar-refractivity contribution in [1.82, 2.24) is 9.88 Å². The van der Waals surface area contributed by atoms with E-state index in [1.807, 2.05) is 5.38 Å². The van der Waals surface area contributed by atoms with Gasteiger partial charge in [-0.2, -0.15) is 0 Å². The Kier molecular flexibility index (Phi) is 4.57. The van der Waals surface area contributed by atoms with Crippen LogP contribution in [0.15, 0.2) is 29.6 Å². The van der Waals surface area contributed by atoms with Crippen LogP contribution in [0.1, 0.15) is 37.3 Å². The summed E-state index contributed by atoms with van der Waals surface area (Å²) in [4.78, 5) is 29.2. The number of carbonyl (C=O) groups is 2. The van der Waals surface area contributed by atoms with Crippen molar-refractivity contribution < 1.29 is 9.59 Å². The highest BCUT2D eigenvalue weighted by molar-refractivity contribution is 7.09. The summed E-state index contributed by atoms with van der Waals surface area (Å²) in [5, 5.41) is 2.78. The van der Waals surface area contributed by atoms with Crippen molar-refractivity contribution in [2.24, 2.45) is 5.92 Å². The molecule has 2 heterocycles. The number of hydrogen-bond acceptors (Lipinski definition) is 4. The van der Waals surface area contributed by atoms with Gasteiger partial charge in [0.2, 0.25) is 11.8 Å². The monoisotopic (exact) mass is 328 g/mol. The number of carbonyl (C=O) groups excluding carboxylic acids is 2.